The predicted molar refractivity (Wildman–Crippen MR) is 214 cm³/mol. The van der Waals surface area contributed by atoms with E-state index in [0.717, 1.165) is 33.0 Å². The molecule has 0 N–H and O–H groups in total. The Bertz CT molecular complexity index is 2760. The molecular weight excluding hydrogens is 637 g/mol. The van der Waals surface area contributed by atoms with Crippen LogP contribution in [0.1, 0.15) is 29.6 Å². The van der Waals surface area contributed by atoms with Crippen LogP contribution < -0.4 is 25.3 Å². The summed E-state index contributed by atoms with van der Waals surface area (Å²) in [7, 11) is -3.02. The standard InChI is InChI=1S/C46H39N4Si/c1-33(2)48-32-49(44-24-13-12-23-43(44)48)35-15-14-20-38(30-35)51(36-16-6-4-7-17-36,37-18-8-5-9-19-37)39-25-26-41-40-21-10-11-22-42(40)50(45(41)31-39)46-29-34(3)27-28-47-46/h4-33H,1-3H3/q+1/i3D3. The van der Waals surface area contributed by atoms with Gasteiger partial charge in [-0.15, -0.1) is 0 Å². The molecule has 0 aliphatic rings. The molecule has 6 aromatic carbocycles. The van der Waals surface area contributed by atoms with Crippen molar-refractivity contribution in [1.82, 2.24) is 14.1 Å². The summed E-state index contributed by atoms with van der Waals surface area (Å²) in [5.41, 5.74) is 5.69. The van der Waals surface area contributed by atoms with Crippen molar-refractivity contribution >= 4 is 61.7 Å². The largest absolute Gasteiger partial charge is 0.294 e. The van der Waals surface area contributed by atoms with Crippen LogP contribution in [0.4, 0.5) is 0 Å². The molecule has 0 fully saturated rings. The topological polar surface area (TPSA) is 26.6 Å². The van der Waals surface area contributed by atoms with Crippen molar-refractivity contribution in [2.45, 2.75) is 26.7 Å². The lowest BCUT2D eigenvalue weighted by atomic mass is 10.1. The smallest absolute Gasteiger partial charge is 0.250 e. The third-order valence-electron chi connectivity index (χ3n) is 10.3. The predicted octanol–water partition coefficient (Wildman–Crippen LogP) is 7.68. The Labute approximate surface area is 303 Å². The van der Waals surface area contributed by atoms with Gasteiger partial charge in [-0.2, -0.15) is 4.57 Å². The van der Waals surface area contributed by atoms with E-state index in [4.69, 9.17) is 9.10 Å². The zero-order valence-electron chi connectivity index (χ0n) is 31.6. The Hall–Kier alpha value is -6.04. The Morgan fingerprint density at radius 3 is 1.98 bits per heavy atom. The third-order valence-corrected chi connectivity index (χ3v) is 15.0. The molecule has 0 bridgehead atoms. The van der Waals surface area contributed by atoms with Crippen LogP contribution in [0.25, 0.3) is 44.3 Å². The molecule has 0 saturated carbocycles. The number of aryl methyl sites for hydroxylation is 1. The fourth-order valence-electron chi connectivity index (χ4n) is 8.01. The highest BCUT2D eigenvalue weighted by Gasteiger charge is 2.42. The van der Waals surface area contributed by atoms with E-state index in [1.165, 1.54) is 26.3 Å². The molecule has 0 radical (unpaired) electrons. The van der Waals surface area contributed by atoms with Gasteiger partial charge in [0.05, 0.1) is 17.1 Å². The van der Waals surface area contributed by atoms with Crippen LogP contribution >= 0.6 is 0 Å². The number of hydrogen-bond donors (Lipinski definition) is 0. The summed E-state index contributed by atoms with van der Waals surface area (Å²) < 4.78 is 31.3. The number of fused-ring (bicyclic) bond motifs is 4. The molecular formula is C46H39N4Si+. The SMILES string of the molecule is [2H]C([2H])([2H])c1ccnc(-n2c3ccccc3c3ccc([Si](c4ccccc4)(c4ccccc4)c4cccc(-n5c[n+](C(C)C)c6ccccc65)c4)cc32)c1. The highest BCUT2D eigenvalue weighted by atomic mass is 28.3. The van der Waals surface area contributed by atoms with E-state index in [0.29, 0.717) is 11.9 Å². The first kappa shape index (κ1) is 27.7. The maximum atomic E-state index is 8.17. The van der Waals surface area contributed by atoms with Crippen molar-refractivity contribution in [1.29, 1.82) is 0 Å². The number of imidazole rings is 1. The van der Waals surface area contributed by atoms with Crippen molar-refractivity contribution in [2.75, 3.05) is 0 Å². The van der Waals surface area contributed by atoms with Gasteiger partial charge in [-0.25, -0.2) is 9.55 Å². The lowest BCUT2D eigenvalue weighted by Gasteiger charge is -2.34. The van der Waals surface area contributed by atoms with Gasteiger partial charge in [-0.05, 0) is 95.5 Å². The van der Waals surface area contributed by atoms with Crippen LogP contribution in [-0.2, 0) is 0 Å². The summed E-state index contributed by atoms with van der Waals surface area (Å²) in [4.78, 5) is 4.77. The van der Waals surface area contributed by atoms with Gasteiger partial charge in [0.2, 0.25) is 6.33 Å². The van der Waals surface area contributed by atoms with Crippen LogP contribution in [0, 0.1) is 6.85 Å². The highest BCUT2D eigenvalue weighted by Crippen LogP contribution is 2.31. The van der Waals surface area contributed by atoms with Gasteiger partial charge in [-0.3, -0.25) is 4.57 Å². The summed E-state index contributed by atoms with van der Waals surface area (Å²) in [6.07, 6.45) is 3.83. The number of aromatic nitrogens is 4. The second-order valence-electron chi connectivity index (χ2n) is 13.5. The van der Waals surface area contributed by atoms with Crippen molar-refractivity contribution in [3.05, 3.63) is 182 Å². The minimum atomic E-state index is -3.02. The lowest BCUT2D eigenvalue weighted by molar-refractivity contribution is -0.691. The van der Waals surface area contributed by atoms with Gasteiger partial charge in [-0.1, -0.05) is 115 Å². The van der Waals surface area contributed by atoms with E-state index in [1.54, 1.807) is 18.3 Å². The zero-order valence-corrected chi connectivity index (χ0v) is 29.6. The van der Waals surface area contributed by atoms with E-state index in [2.05, 4.69) is 179 Å². The van der Waals surface area contributed by atoms with Gasteiger partial charge in [0.25, 0.3) is 0 Å². The Morgan fingerprint density at radius 2 is 1.24 bits per heavy atom. The van der Waals surface area contributed by atoms with E-state index < -0.39 is 14.9 Å². The average molecular weight is 679 g/mol. The second kappa shape index (κ2) is 12.4. The van der Waals surface area contributed by atoms with Gasteiger partial charge in [0.15, 0.2) is 19.1 Å². The van der Waals surface area contributed by atoms with Crippen LogP contribution in [0.3, 0.4) is 0 Å². The van der Waals surface area contributed by atoms with E-state index in [-0.39, 0.29) is 5.56 Å². The molecule has 9 aromatic rings. The molecule has 0 atom stereocenters. The number of nitrogens with zero attached hydrogens (tertiary/aromatic N) is 4. The first-order valence-corrected chi connectivity index (χ1v) is 19.5. The van der Waals surface area contributed by atoms with E-state index in [9.17, 15) is 0 Å². The number of pyridine rings is 1. The first-order chi connectivity index (χ1) is 26.2. The summed E-state index contributed by atoms with van der Waals surface area (Å²) in [5.74, 6) is 0.582. The number of para-hydroxylation sites is 3. The summed E-state index contributed by atoms with van der Waals surface area (Å²) in [5, 5.41) is 7.20. The molecule has 0 amide bonds. The van der Waals surface area contributed by atoms with Gasteiger partial charge in [0.1, 0.15) is 11.5 Å². The molecule has 0 spiro atoms. The van der Waals surface area contributed by atoms with Crippen molar-refractivity contribution in [2.24, 2.45) is 0 Å². The van der Waals surface area contributed by atoms with Crippen molar-refractivity contribution in [3.63, 3.8) is 0 Å². The molecule has 4 nitrogen and oxygen atoms in total. The van der Waals surface area contributed by atoms with Gasteiger partial charge < -0.3 is 0 Å². The molecule has 0 saturated heterocycles. The molecule has 3 aromatic heterocycles. The van der Waals surface area contributed by atoms with Crippen LogP contribution in [0.2, 0.25) is 0 Å². The molecule has 5 heteroatoms. The molecule has 246 valence electrons. The lowest BCUT2D eigenvalue weighted by Crippen LogP contribution is -2.74. The van der Waals surface area contributed by atoms with Gasteiger partial charge in [0, 0.05) is 21.1 Å². The van der Waals surface area contributed by atoms with E-state index in [1.807, 2.05) is 6.07 Å². The van der Waals surface area contributed by atoms with Crippen molar-refractivity contribution < 1.29 is 8.68 Å². The summed E-state index contributed by atoms with van der Waals surface area (Å²) >= 11 is 0. The second-order valence-corrected chi connectivity index (χ2v) is 17.3. The normalized spacial score (nSPS) is 13.1. The fraction of sp³-hybridized carbons (Fsp3) is 0.0870. The van der Waals surface area contributed by atoms with E-state index >= 15 is 0 Å². The van der Waals surface area contributed by atoms with Gasteiger partial charge >= 0.3 is 0 Å². The minimum Gasteiger partial charge on any atom is -0.294 e. The molecule has 51 heavy (non-hydrogen) atoms. The van der Waals surface area contributed by atoms with Crippen LogP contribution in [0.15, 0.2) is 176 Å². The monoisotopic (exact) mass is 678 g/mol. The molecule has 3 heterocycles. The molecule has 0 aliphatic heterocycles. The number of hydrogen-bond acceptors (Lipinski definition) is 1. The minimum absolute atomic E-state index is 0.264. The van der Waals surface area contributed by atoms with Crippen LogP contribution in [-0.4, -0.2) is 22.2 Å². The highest BCUT2D eigenvalue weighted by molar-refractivity contribution is 7.20. The number of benzene rings is 6. The van der Waals surface area contributed by atoms with Crippen LogP contribution in [0.5, 0.6) is 0 Å². The molecule has 0 aliphatic carbocycles. The fourth-order valence-corrected chi connectivity index (χ4v) is 12.8. The molecule has 9 rings (SSSR count). The quantitative estimate of drug-likeness (QED) is 0.0966. The number of rotatable bonds is 7. The average Bonchev–Trinajstić information content (AvgIpc) is 3.76. The van der Waals surface area contributed by atoms with Crippen molar-refractivity contribution in [3.8, 4) is 11.5 Å². The Morgan fingerprint density at radius 1 is 0.588 bits per heavy atom. The summed E-state index contributed by atoms with van der Waals surface area (Å²) in [6.45, 7) is 2.19. The Kier molecular flexibility index (Phi) is 6.73. The maximum absolute atomic E-state index is 8.17. The Balaban J connectivity index is 1.37. The maximum Gasteiger partial charge on any atom is 0.250 e. The zero-order chi connectivity index (χ0) is 37.0. The summed E-state index contributed by atoms with van der Waals surface area (Å²) in [6, 6.07) is 58.4. The first-order valence-electron chi connectivity index (χ1n) is 19.0. The molecule has 0 unspecified atom stereocenters. The third kappa shape index (κ3) is 4.96.